The summed E-state index contributed by atoms with van der Waals surface area (Å²) in [6, 6.07) is 0. The summed E-state index contributed by atoms with van der Waals surface area (Å²) in [5.74, 6) is -0.515. The summed E-state index contributed by atoms with van der Waals surface area (Å²) in [4.78, 5) is 18.1. The van der Waals surface area contributed by atoms with E-state index in [0.717, 1.165) is 0 Å². The van der Waals surface area contributed by atoms with Crippen molar-refractivity contribution in [2.24, 2.45) is 0 Å². The lowest BCUT2D eigenvalue weighted by molar-refractivity contribution is 0.0692. The summed E-state index contributed by atoms with van der Waals surface area (Å²) in [6.07, 6.45) is 1.23. The highest BCUT2D eigenvalue weighted by molar-refractivity contribution is 5.89. The van der Waals surface area contributed by atoms with Crippen LogP contribution in [0.25, 0.3) is 0 Å². The molecule has 5 heteroatoms. The number of nitrogens with zero attached hydrogens (tertiary/aromatic N) is 2. The van der Waals surface area contributed by atoms with E-state index >= 15 is 0 Å². The molecule has 0 aliphatic carbocycles. The van der Waals surface area contributed by atoms with Gasteiger partial charge in [0.25, 0.3) is 0 Å². The molecule has 0 amide bonds. The Balaban J connectivity index is 3.20. The Kier molecular flexibility index (Phi) is 2.23. The molecule has 0 fully saturated rings. The van der Waals surface area contributed by atoms with Crippen molar-refractivity contribution in [2.75, 3.05) is 7.11 Å². The highest BCUT2D eigenvalue weighted by Crippen LogP contribution is 2.12. The van der Waals surface area contributed by atoms with Crippen LogP contribution in [-0.2, 0) is 0 Å². The van der Waals surface area contributed by atoms with E-state index in [1.807, 2.05) is 0 Å². The van der Waals surface area contributed by atoms with Crippen molar-refractivity contribution in [3.63, 3.8) is 0 Å². The van der Waals surface area contributed by atoms with Gasteiger partial charge in [0.2, 0.25) is 5.88 Å². The van der Waals surface area contributed by atoms with E-state index in [9.17, 15) is 4.79 Å². The van der Waals surface area contributed by atoms with Crippen LogP contribution >= 0.6 is 0 Å². The Morgan fingerprint density at radius 3 is 2.83 bits per heavy atom. The second-order valence-corrected chi connectivity index (χ2v) is 2.15. The molecule has 1 aromatic rings. The van der Waals surface area contributed by atoms with Gasteiger partial charge in [0.15, 0.2) is 0 Å². The van der Waals surface area contributed by atoms with Crippen molar-refractivity contribution < 1.29 is 14.6 Å². The summed E-state index contributed by atoms with van der Waals surface area (Å²) >= 11 is 0. The van der Waals surface area contributed by atoms with Crippen LogP contribution in [0.5, 0.6) is 5.88 Å². The molecule has 0 unspecified atom stereocenters. The largest absolute Gasteiger partial charge is 0.480 e. The van der Waals surface area contributed by atoms with E-state index in [1.54, 1.807) is 6.92 Å². The molecule has 64 valence electrons. The lowest BCUT2D eigenvalue weighted by atomic mass is 10.3. The van der Waals surface area contributed by atoms with Crippen molar-refractivity contribution in [1.29, 1.82) is 0 Å². The van der Waals surface area contributed by atoms with E-state index in [2.05, 4.69) is 9.97 Å². The zero-order chi connectivity index (χ0) is 9.14. The number of carbonyl (C=O) groups is 1. The van der Waals surface area contributed by atoms with Gasteiger partial charge in [-0.15, -0.1) is 0 Å². The van der Waals surface area contributed by atoms with Crippen LogP contribution in [0.15, 0.2) is 6.20 Å². The molecule has 0 atom stereocenters. The van der Waals surface area contributed by atoms with Gasteiger partial charge in [-0.1, -0.05) is 0 Å². The molecular weight excluding hydrogens is 160 g/mol. The zero-order valence-corrected chi connectivity index (χ0v) is 6.74. The van der Waals surface area contributed by atoms with E-state index in [1.165, 1.54) is 13.3 Å². The first-order valence-corrected chi connectivity index (χ1v) is 3.26. The second kappa shape index (κ2) is 3.17. The molecule has 0 saturated carbocycles. The van der Waals surface area contributed by atoms with Gasteiger partial charge < -0.3 is 9.84 Å². The molecule has 0 aliphatic heterocycles. The van der Waals surface area contributed by atoms with Gasteiger partial charge in [0.1, 0.15) is 11.4 Å². The molecule has 0 saturated heterocycles. The van der Waals surface area contributed by atoms with Crippen molar-refractivity contribution >= 4 is 5.97 Å². The van der Waals surface area contributed by atoms with Crippen LogP contribution in [0.4, 0.5) is 0 Å². The van der Waals surface area contributed by atoms with E-state index in [0.29, 0.717) is 5.82 Å². The van der Waals surface area contributed by atoms with Crippen molar-refractivity contribution in [1.82, 2.24) is 9.97 Å². The first kappa shape index (κ1) is 8.45. The maximum absolute atomic E-state index is 10.5. The van der Waals surface area contributed by atoms with Crippen molar-refractivity contribution in [2.45, 2.75) is 6.92 Å². The molecule has 0 radical (unpaired) electrons. The normalized spacial score (nSPS) is 9.50. The Hall–Kier alpha value is -1.65. The van der Waals surface area contributed by atoms with Crippen molar-refractivity contribution in [3.05, 3.63) is 17.6 Å². The summed E-state index contributed by atoms with van der Waals surface area (Å²) in [7, 11) is 1.37. The van der Waals surface area contributed by atoms with Gasteiger partial charge in [0.05, 0.1) is 7.11 Å². The fraction of sp³-hybridized carbons (Fsp3) is 0.286. The fourth-order valence-corrected chi connectivity index (χ4v) is 0.752. The summed E-state index contributed by atoms with van der Waals surface area (Å²) in [5.41, 5.74) is -0.0249. The first-order valence-electron chi connectivity index (χ1n) is 3.26. The molecule has 0 bridgehead atoms. The zero-order valence-electron chi connectivity index (χ0n) is 6.74. The number of methoxy groups -OCH3 is 1. The molecule has 1 aromatic heterocycles. The van der Waals surface area contributed by atoms with Crippen LogP contribution < -0.4 is 4.74 Å². The third kappa shape index (κ3) is 1.50. The van der Waals surface area contributed by atoms with Crippen LogP contribution in [-0.4, -0.2) is 28.2 Å². The minimum Gasteiger partial charge on any atom is -0.480 e. The SMILES string of the molecule is COc1nc(C)ncc1C(=O)O. The minimum atomic E-state index is -1.09. The number of aryl methyl sites for hydroxylation is 1. The van der Waals surface area contributed by atoms with E-state index in [4.69, 9.17) is 9.84 Å². The van der Waals surface area contributed by atoms with Gasteiger partial charge in [0, 0.05) is 6.20 Å². The molecule has 1 heterocycles. The van der Waals surface area contributed by atoms with Gasteiger partial charge in [-0.05, 0) is 6.92 Å². The highest BCUT2D eigenvalue weighted by Gasteiger charge is 2.12. The van der Waals surface area contributed by atoms with Crippen LogP contribution in [0.1, 0.15) is 16.2 Å². The quantitative estimate of drug-likeness (QED) is 0.695. The molecule has 0 aliphatic rings. The Bertz CT molecular complexity index is 312. The number of hydrogen-bond donors (Lipinski definition) is 1. The second-order valence-electron chi connectivity index (χ2n) is 2.15. The third-order valence-electron chi connectivity index (χ3n) is 1.30. The smallest absolute Gasteiger partial charge is 0.342 e. The lowest BCUT2D eigenvalue weighted by Gasteiger charge is -2.02. The number of aromatic carboxylic acids is 1. The average molecular weight is 168 g/mol. The minimum absolute atomic E-state index is 0.0249. The Labute approximate surface area is 69.0 Å². The number of aromatic nitrogens is 2. The topological polar surface area (TPSA) is 72.3 Å². The Morgan fingerprint density at radius 2 is 2.33 bits per heavy atom. The molecule has 0 aromatic carbocycles. The standard InChI is InChI=1S/C7H8N2O3/c1-4-8-3-5(7(10)11)6(9-4)12-2/h3H,1-2H3,(H,10,11). The van der Waals surface area contributed by atoms with Crippen molar-refractivity contribution in [3.8, 4) is 5.88 Å². The third-order valence-corrected chi connectivity index (χ3v) is 1.30. The van der Waals surface area contributed by atoms with Gasteiger partial charge in [-0.2, -0.15) is 4.98 Å². The number of carboxylic acid groups (broad SMARTS) is 1. The first-order chi connectivity index (χ1) is 5.65. The summed E-state index contributed by atoms with van der Waals surface area (Å²) in [6.45, 7) is 1.66. The van der Waals surface area contributed by atoms with Crippen LogP contribution in [0.2, 0.25) is 0 Å². The van der Waals surface area contributed by atoms with Gasteiger partial charge >= 0.3 is 5.97 Å². The number of carboxylic acids is 1. The maximum Gasteiger partial charge on any atom is 0.342 e. The number of rotatable bonds is 2. The summed E-state index contributed by atoms with van der Waals surface area (Å²) in [5, 5.41) is 8.63. The molecule has 0 spiro atoms. The predicted molar refractivity (Wildman–Crippen MR) is 40.3 cm³/mol. The highest BCUT2D eigenvalue weighted by atomic mass is 16.5. The molecule has 12 heavy (non-hydrogen) atoms. The lowest BCUT2D eigenvalue weighted by Crippen LogP contribution is -2.04. The summed E-state index contributed by atoms with van der Waals surface area (Å²) < 4.78 is 4.76. The van der Waals surface area contributed by atoms with Crippen LogP contribution in [0, 0.1) is 6.92 Å². The number of ether oxygens (including phenoxy) is 1. The monoisotopic (exact) mass is 168 g/mol. The van der Waals surface area contributed by atoms with Gasteiger partial charge in [-0.3, -0.25) is 0 Å². The number of hydrogen-bond acceptors (Lipinski definition) is 4. The van der Waals surface area contributed by atoms with Gasteiger partial charge in [-0.25, -0.2) is 9.78 Å². The molecule has 1 rings (SSSR count). The Morgan fingerprint density at radius 1 is 1.67 bits per heavy atom. The maximum atomic E-state index is 10.5. The predicted octanol–water partition coefficient (Wildman–Crippen LogP) is 0.492. The van der Waals surface area contributed by atoms with E-state index < -0.39 is 5.97 Å². The van der Waals surface area contributed by atoms with E-state index in [-0.39, 0.29) is 11.4 Å². The van der Waals surface area contributed by atoms with Crippen LogP contribution in [0.3, 0.4) is 0 Å². The molecular formula is C7H8N2O3. The molecule has 1 N–H and O–H groups in total. The average Bonchev–Trinajstić information content (AvgIpc) is 2.03. The fourth-order valence-electron chi connectivity index (χ4n) is 0.752. The molecule has 5 nitrogen and oxygen atoms in total.